The number of methoxy groups -OCH3 is 1. The smallest absolute Gasteiger partial charge is 0.322 e. The fourth-order valence-corrected chi connectivity index (χ4v) is 1.48. The zero-order chi connectivity index (χ0) is 13.8. The minimum atomic E-state index is -0.290. The highest BCUT2D eigenvalue weighted by atomic mass is 19.1. The van der Waals surface area contributed by atoms with Gasteiger partial charge in [0.25, 0.3) is 0 Å². The van der Waals surface area contributed by atoms with Crippen LogP contribution in [-0.4, -0.2) is 36.2 Å². The Hall–Kier alpha value is -2.44. The van der Waals surface area contributed by atoms with Crippen molar-refractivity contribution in [2.45, 2.75) is 0 Å². The number of ether oxygens (including phenoxy) is 1. The van der Waals surface area contributed by atoms with Crippen LogP contribution >= 0.6 is 0 Å². The Balaban J connectivity index is 2.37. The summed E-state index contributed by atoms with van der Waals surface area (Å²) in [6, 6.07) is 6.25. The average molecular weight is 263 g/mol. The van der Waals surface area contributed by atoms with Gasteiger partial charge in [-0.05, 0) is 24.3 Å². The monoisotopic (exact) mass is 263 g/mol. The van der Waals surface area contributed by atoms with E-state index in [4.69, 9.17) is 4.74 Å². The Morgan fingerprint density at radius 1 is 1.16 bits per heavy atom. The molecule has 2 rings (SSSR count). The van der Waals surface area contributed by atoms with E-state index >= 15 is 0 Å². The van der Waals surface area contributed by atoms with E-state index in [0.717, 1.165) is 5.69 Å². The summed E-state index contributed by atoms with van der Waals surface area (Å²) in [6.45, 7) is 0. The first-order valence-electron chi connectivity index (χ1n) is 5.61. The number of benzene rings is 1. The standard InChI is InChI=1S/C12H14FN5O/c1-14-10-15-11(17-12(16-10)19-3)18(2)9-6-4-8(13)5-7-9/h4-7H,1-3H3,(H,14,15,16,17). The van der Waals surface area contributed by atoms with Gasteiger partial charge in [-0.25, -0.2) is 4.39 Å². The quantitative estimate of drug-likeness (QED) is 0.908. The average Bonchev–Trinajstić information content (AvgIpc) is 2.46. The number of halogens is 1. The van der Waals surface area contributed by atoms with Gasteiger partial charge in [-0.2, -0.15) is 15.0 Å². The van der Waals surface area contributed by atoms with Crippen molar-refractivity contribution in [1.82, 2.24) is 15.0 Å². The van der Waals surface area contributed by atoms with Crippen LogP contribution in [0.25, 0.3) is 0 Å². The third kappa shape index (κ3) is 2.87. The molecule has 0 saturated heterocycles. The first kappa shape index (κ1) is 13.0. The molecule has 1 heterocycles. The second-order valence-corrected chi connectivity index (χ2v) is 3.73. The predicted octanol–water partition coefficient (Wildman–Crippen LogP) is 1.83. The summed E-state index contributed by atoms with van der Waals surface area (Å²) < 4.78 is 17.9. The third-order valence-electron chi connectivity index (χ3n) is 2.52. The number of hydrogen-bond acceptors (Lipinski definition) is 6. The minimum Gasteiger partial charge on any atom is -0.467 e. The fourth-order valence-electron chi connectivity index (χ4n) is 1.48. The molecule has 100 valence electrons. The molecule has 19 heavy (non-hydrogen) atoms. The van der Waals surface area contributed by atoms with Crippen molar-refractivity contribution in [3.8, 4) is 6.01 Å². The molecule has 0 bridgehead atoms. The fraction of sp³-hybridized carbons (Fsp3) is 0.250. The zero-order valence-corrected chi connectivity index (χ0v) is 10.9. The van der Waals surface area contributed by atoms with Gasteiger partial charge in [0.05, 0.1) is 7.11 Å². The van der Waals surface area contributed by atoms with Gasteiger partial charge in [0.15, 0.2) is 0 Å². The zero-order valence-electron chi connectivity index (χ0n) is 10.9. The van der Waals surface area contributed by atoms with Gasteiger partial charge >= 0.3 is 6.01 Å². The molecule has 7 heteroatoms. The van der Waals surface area contributed by atoms with Crippen molar-refractivity contribution in [2.75, 3.05) is 31.4 Å². The Bertz CT molecular complexity index is 538. The number of nitrogens with one attached hydrogen (secondary N) is 1. The molecule has 1 aromatic heterocycles. The van der Waals surface area contributed by atoms with E-state index in [9.17, 15) is 4.39 Å². The summed E-state index contributed by atoms with van der Waals surface area (Å²) >= 11 is 0. The molecule has 0 aliphatic carbocycles. The molecule has 0 fully saturated rings. The van der Waals surface area contributed by atoms with Gasteiger partial charge in [-0.15, -0.1) is 0 Å². The first-order valence-corrected chi connectivity index (χ1v) is 5.61. The van der Waals surface area contributed by atoms with Crippen molar-refractivity contribution >= 4 is 17.6 Å². The van der Waals surface area contributed by atoms with E-state index in [1.807, 2.05) is 0 Å². The van der Waals surface area contributed by atoms with E-state index in [1.54, 1.807) is 31.1 Å². The number of aromatic nitrogens is 3. The molecule has 0 aliphatic rings. The summed E-state index contributed by atoms with van der Waals surface area (Å²) in [5.74, 6) is 0.514. The number of nitrogens with zero attached hydrogens (tertiary/aromatic N) is 4. The van der Waals surface area contributed by atoms with Crippen LogP contribution in [0.15, 0.2) is 24.3 Å². The molecule has 2 aromatic rings. The molecule has 0 aliphatic heterocycles. The Morgan fingerprint density at radius 2 is 1.84 bits per heavy atom. The lowest BCUT2D eigenvalue weighted by Gasteiger charge is -2.17. The molecule has 1 N–H and O–H groups in total. The molecule has 0 spiro atoms. The largest absolute Gasteiger partial charge is 0.467 e. The summed E-state index contributed by atoms with van der Waals surface area (Å²) in [7, 11) is 4.97. The summed E-state index contributed by atoms with van der Waals surface area (Å²) in [5, 5.41) is 2.83. The topological polar surface area (TPSA) is 63.2 Å². The van der Waals surface area contributed by atoms with E-state index in [0.29, 0.717) is 11.9 Å². The molecular formula is C12H14FN5O. The molecule has 0 atom stereocenters. The predicted molar refractivity (Wildman–Crippen MR) is 70.4 cm³/mol. The molecule has 0 unspecified atom stereocenters. The van der Waals surface area contributed by atoms with Crippen LogP contribution in [0.2, 0.25) is 0 Å². The molecule has 0 saturated carbocycles. The van der Waals surface area contributed by atoms with E-state index in [1.165, 1.54) is 19.2 Å². The van der Waals surface area contributed by atoms with Crippen LogP contribution in [0.5, 0.6) is 6.01 Å². The van der Waals surface area contributed by atoms with Crippen molar-refractivity contribution in [3.05, 3.63) is 30.1 Å². The van der Waals surface area contributed by atoms with E-state index < -0.39 is 0 Å². The highest BCUT2D eigenvalue weighted by Crippen LogP contribution is 2.22. The maximum atomic E-state index is 12.9. The third-order valence-corrected chi connectivity index (χ3v) is 2.52. The minimum absolute atomic E-state index is 0.211. The first-order chi connectivity index (χ1) is 9.13. The Morgan fingerprint density at radius 3 is 2.42 bits per heavy atom. The summed E-state index contributed by atoms with van der Waals surface area (Å²) in [6.07, 6.45) is 0. The van der Waals surface area contributed by atoms with Crippen LogP contribution in [0, 0.1) is 5.82 Å². The second kappa shape index (κ2) is 5.47. The molecule has 1 aromatic carbocycles. The van der Waals surface area contributed by atoms with Gasteiger partial charge < -0.3 is 15.0 Å². The van der Waals surface area contributed by atoms with Crippen LogP contribution in [-0.2, 0) is 0 Å². The number of anilines is 3. The van der Waals surface area contributed by atoms with E-state index in [2.05, 4.69) is 20.3 Å². The van der Waals surface area contributed by atoms with Gasteiger partial charge in [-0.3, -0.25) is 0 Å². The van der Waals surface area contributed by atoms with E-state index in [-0.39, 0.29) is 11.8 Å². The SMILES string of the molecule is CNc1nc(OC)nc(N(C)c2ccc(F)cc2)n1. The highest BCUT2D eigenvalue weighted by Gasteiger charge is 2.11. The molecular weight excluding hydrogens is 249 g/mol. The second-order valence-electron chi connectivity index (χ2n) is 3.73. The van der Waals surface area contributed by atoms with Gasteiger partial charge in [0.2, 0.25) is 11.9 Å². The Kier molecular flexibility index (Phi) is 3.74. The molecule has 0 radical (unpaired) electrons. The van der Waals surface area contributed by atoms with Crippen LogP contribution in [0.3, 0.4) is 0 Å². The number of hydrogen-bond donors (Lipinski definition) is 1. The highest BCUT2D eigenvalue weighted by molar-refractivity contribution is 5.57. The van der Waals surface area contributed by atoms with Crippen LogP contribution in [0.4, 0.5) is 22.0 Å². The van der Waals surface area contributed by atoms with Crippen molar-refractivity contribution in [1.29, 1.82) is 0 Å². The Labute approximate surface area is 110 Å². The van der Waals surface area contributed by atoms with Gasteiger partial charge in [0, 0.05) is 19.8 Å². The lowest BCUT2D eigenvalue weighted by molar-refractivity contribution is 0.379. The van der Waals surface area contributed by atoms with Crippen LogP contribution in [0.1, 0.15) is 0 Å². The normalized spacial score (nSPS) is 10.1. The van der Waals surface area contributed by atoms with Crippen molar-refractivity contribution < 1.29 is 9.13 Å². The molecule has 0 amide bonds. The van der Waals surface area contributed by atoms with Crippen molar-refractivity contribution in [2.24, 2.45) is 0 Å². The lowest BCUT2D eigenvalue weighted by Crippen LogP contribution is -2.15. The maximum absolute atomic E-state index is 12.9. The summed E-state index contributed by atoms with van der Waals surface area (Å²) in [4.78, 5) is 14.1. The van der Waals surface area contributed by atoms with Crippen molar-refractivity contribution in [3.63, 3.8) is 0 Å². The number of rotatable bonds is 4. The molecule has 6 nitrogen and oxygen atoms in total. The summed E-state index contributed by atoms with van der Waals surface area (Å²) in [5.41, 5.74) is 0.761. The van der Waals surface area contributed by atoms with Crippen LogP contribution < -0.4 is 15.0 Å². The maximum Gasteiger partial charge on any atom is 0.322 e. The van der Waals surface area contributed by atoms with Gasteiger partial charge in [0.1, 0.15) is 5.82 Å². The van der Waals surface area contributed by atoms with Gasteiger partial charge in [-0.1, -0.05) is 0 Å². The lowest BCUT2D eigenvalue weighted by atomic mass is 10.3.